The summed E-state index contributed by atoms with van der Waals surface area (Å²) in [4.78, 5) is 21.3. The second-order valence-electron chi connectivity index (χ2n) is 6.85. The van der Waals surface area contributed by atoms with Crippen LogP contribution in [0.3, 0.4) is 0 Å². The molecule has 0 radical (unpaired) electrons. The maximum Gasteiger partial charge on any atom is 0.274 e. The minimum atomic E-state index is -0.261. The third-order valence-electron chi connectivity index (χ3n) is 4.45. The van der Waals surface area contributed by atoms with Gasteiger partial charge < -0.3 is 10.6 Å². The summed E-state index contributed by atoms with van der Waals surface area (Å²) in [7, 11) is 0. The largest absolute Gasteiger partial charge is 0.324 e. The van der Waals surface area contributed by atoms with Gasteiger partial charge in [0.25, 0.3) is 5.91 Å². The zero-order valence-electron chi connectivity index (χ0n) is 16.1. The van der Waals surface area contributed by atoms with E-state index in [4.69, 9.17) is 0 Å². The van der Waals surface area contributed by atoms with Crippen LogP contribution in [0.4, 0.5) is 17.3 Å². The molecule has 3 aromatic rings. The van der Waals surface area contributed by atoms with Crippen LogP contribution in [-0.2, 0) is 0 Å². The Hall–Kier alpha value is -3.21. The molecule has 0 unspecified atom stereocenters. The Morgan fingerprint density at radius 3 is 2.44 bits per heavy atom. The van der Waals surface area contributed by atoms with E-state index in [9.17, 15) is 4.79 Å². The summed E-state index contributed by atoms with van der Waals surface area (Å²) >= 11 is 0. The highest BCUT2D eigenvalue weighted by Crippen LogP contribution is 2.29. The lowest BCUT2D eigenvalue weighted by Crippen LogP contribution is -2.15. The molecule has 0 aliphatic carbocycles. The highest BCUT2D eigenvalue weighted by molar-refractivity contribution is 6.03. The van der Waals surface area contributed by atoms with Gasteiger partial charge in [0.05, 0.1) is 0 Å². The van der Waals surface area contributed by atoms with E-state index in [0.29, 0.717) is 17.6 Å². The van der Waals surface area contributed by atoms with Crippen LogP contribution in [0.2, 0.25) is 0 Å². The van der Waals surface area contributed by atoms with Crippen molar-refractivity contribution >= 4 is 23.2 Å². The Morgan fingerprint density at radius 1 is 0.963 bits per heavy atom. The van der Waals surface area contributed by atoms with E-state index in [1.165, 1.54) is 5.56 Å². The lowest BCUT2D eigenvalue weighted by Gasteiger charge is -2.16. The van der Waals surface area contributed by atoms with Crippen molar-refractivity contribution in [3.8, 4) is 0 Å². The molecule has 27 heavy (non-hydrogen) atoms. The Morgan fingerprint density at radius 2 is 1.70 bits per heavy atom. The number of hydrogen-bond acceptors (Lipinski definition) is 4. The van der Waals surface area contributed by atoms with E-state index in [1.54, 1.807) is 12.3 Å². The van der Waals surface area contributed by atoms with Gasteiger partial charge in [0.15, 0.2) is 0 Å². The summed E-state index contributed by atoms with van der Waals surface area (Å²) in [5, 5.41) is 6.19. The number of hydrogen-bond donors (Lipinski definition) is 2. The minimum absolute atomic E-state index is 0.261. The van der Waals surface area contributed by atoms with Gasteiger partial charge in [0, 0.05) is 17.6 Å². The first-order chi connectivity index (χ1) is 13.0. The van der Waals surface area contributed by atoms with Crippen LogP contribution >= 0.6 is 0 Å². The average molecular weight is 360 g/mol. The predicted octanol–water partition coefficient (Wildman–Crippen LogP) is 5.21. The molecule has 0 fully saturated rings. The van der Waals surface area contributed by atoms with Gasteiger partial charge in [0.1, 0.15) is 5.69 Å². The standard InChI is InChI=1S/C22H24N4O/c1-14(2)17-10-7-9-16(4)20(17)26-22-23-13-12-19(25-22)21(27)24-18-11-6-5-8-15(18)3/h5-14H,1-4H3,(H,24,27)(H,23,25,26). The third kappa shape index (κ3) is 4.31. The summed E-state index contributed by atoms with van der Waals surface area (Å²) < 4.78 is 0. The Kier molecular flexibility index (Phi) is 5.50. The number of aryl methyl sites for hydroxylation is 2. The summed E-state index contributed by atoms with van der Waals surface area (Å²) in [6, 6.07) is 15.4. The van der Waals surface area contributed by atoms with Crippen molar-refractivity contribution in [2.24, 2.45) is 0 Å². The van der Waals surface area contributed by atoms with Gasteiger partial charge in [0.2, 0.25) is 5.95 Å². The molecule has 0 aliphatic rings. The molecule has 1 heterocycles. The third-order valence-corrected chi connectivity index (χ3v) is 4.45. The van der Waals surface area contributed by atoms with Crippen LogP contribution in [-0.4, -0.2) is 15.9 Å². The van der Waals surface area contributed by atoms with E-state index in [0.717, 1.165) is 22.5 Å². The predicted molar refractivity (Wildman–Crippen MR) is 110 cm³/mol. The van der Waals surface area contributed by atoms with Crippen molar-refractivity contribution in [3.05, 3.63) is 77.1 Å². The number of aromatic nitrogens is 2. The SMILES string of the molecule is Cc1ccccc1NC(=O)c1ccnc(Nc2c(C)cccc2C(C)C)n1. The Bertz CT molecular complexity index is 966. The van der Waals surface area contributed by atoms with Gasteiger partial charge in [-0.1, -0.05) is 50.2 Å². The zero-order chi connectivity index (χ0) is 19.4. The molecule has 3 rings (SSSR count). The molecule has 2 N–H and O–H groups in total. The summed E-state index contributed by atoms with van der Waals surface area (Å²) in [5.41, 5.74) is 5.38. The highest BCUT2D eigenvalue weighted by Gasteiger charge is 2.13. The second kappa shape index (κ2) is 7.99. The van der Waals surface area contributed by atoms with Crippen molar-refractivity contribution in [2.75, 3.05) is 10.6 Å². The van der Waals surface area contributed by atoms with Crippen LogP contribution in [0.1, 0.15) is 46.9 Å². The fraction of sp³-hybridized carbons (Fsp3) is 0.227. The summed E-state index contributed by atoms with van der Waals surface area (Å²) in [5.74, 6) is 0.507. The summed E-state index contributed by atoms with van der Waals surface area (Å²) in [6.07, 6.45) is 1.59. The molecule has 0 aliphatic heterocycles. The molecule has 5 nitrogen and oxygen atoms in total. The number of nitrogens with zero attached hydrogens (tertiary/aromatic N) is 2. The van der Waals surface area contributed by atoms with Crippen LogP contribution in [0.15, 0.2) is 54.7 Å². The molecule has 1 amide bonds. The molecular formula is C22H24N4O. The minimum Gasteiger partial charge on any atom is -0.324 e. The highest BCUT2D eigenvalue weighted by atomic mass is 16.1. The van der Waals surface area contributed by atoms with E-state index in [-0.39, 0.29) is 5.91 Å². The van der Waals surface area contributed by atoms with Gasteiger partial charge in [-0.25, -0.2) is 9.97 Å². The first kappa shape index (κ1) is 18.6. The second-order valence-corrected chi connectivity index (χ2v) is 6.85. The molecule has 0 bridgehead atoms. The number of benzene rings is 2. The number of nitrogens with one attached hydrogen (secondary N) is 2. The number of amides is 1. The first-order valence-corrected chi connectivity index (χ1v) is 9.02. The van der Waals surface area contributed by atoms with Crippen LogP contribution in [0.25, 0.3) is 0 Å². The van der Waals surface area contributed by atoms with Crippen LogP contribution in [0.5, 0.6) is 0 Å². The van der Waals surface area contributed by atoms with E-state index >= 15 is 0 Å². The summed E-state index contributed by atoms with van der Waals surface area (Å²) in [6.45, 7) is 8.29. The molecule has 138 valence electrons. The van der Waals surface area contributed by atoms with Crippen molar-refractivity contribution in [1.82, 2.24) is 9.97 Å². The smallest absolute Gasteiger partial charge is 0.274 e. The van der Waals surface area contributed by atoms with Gasteiger partial charge in [-0.05, 0) is 48.6 Å². The van der Waals surface area contributed by atoms with Crippen molar-refractivity contribution in [1.29, 1.82) is 0 Å². The average Bonchev–Trinajstić information content (AvgIpc) is 2.65. The first-order valence-electron chi connectivity index (χ1n) is 9.02. The molecule has 2 aromatic carbocycles. The van der Waals surface area contributed by atoms with E-state index < -0.39 is 0 Å². The molecule has 0 atom stereocenters. The topological polar surface area (TPSA) is 66.9 Å². The fourth-order valence-electron chi connectivity index (χ4n) is 2.90. The molecule has 0 spiro atoms. The van der Waals surface area contributed by atoms with Gasteiger partial charge >= 0.3 is 0 Å². The molecule has 0 saturated carbocycles. The monoisotopic (exact) mass is 360 g/mol. The molecule has 0 saturated heterocycles. The molecule has 5 heteroatoms. The van der Waals surface area contributed by atoms with E-state index in [1.807, 2.05) is 50.2 Å². The van der Waals surface area contributed by atoms with Crippen molar-refractivity contribution in [2.45, 2.75) is 33.6 Å². The van der Waals surface area contributed by atoms with Gasteiger partial charge in [-0.2, -0.15) is 0 Å². The number of rotatable bonds is 5. The maximum absolute atomic E-state index is 12.6. The van der Waals surface area contributed by atoms with Crippen molar-refractivity contribution < 1.29 is 4.79 Å². The van der Waals surface area contributed by atoms with Gasteiger partial charge in [-0.15, -0.1) is 0 Å². The van der Waals surface area contributed by atoms with Crippen LogP contribution < -0.4 is 10.6 Å². The molecular weight excluding hydrogens is 336 g/mol. The lowest BCUT2D eigenvalue weighted by molar-refractivity contribution is 0.102. The Labute approximate surface area is 159 Å². The zero-order valence-corrected chi connectivity index (χ0v) is 16.1. The number of para-hydroxylation sites is 2. The van der Waals surface area contributed by atoms with Gasteiger partial charge in [-0.3, -0.25) is 4.79 Å². The maximum atomic E-state index is 12.6. The van der Waals surface area contributed by atoms with E-state index in [2.05, 4.69) is 40.5 Å². The van der Waals surface area contributed by atoms with Crippen LogP contribution in [0, 0.1) is 13.8 Å². The molecule has 1 aromatic heterocycles. The number of carbonyl (C=O) groups is 1. The normalized spacial score (nSPS) is 10.7. The number of carbonyl (C=O) groups excluding carboxylic acids is 1. The van der Waals surface area contributed by atoms with Crippen molar-refractivity contribution in [3.63, 3.8) is 0 Å². The quantitative estimate of drug-likeness (QED) is 0.655. The number of anilines is 3. The lowest BCUT2D eigenvalue weighted by atomic mass is 9.98. The fourth-order valence-corrected chi connectivity index (χ4v) is 2.90. The Balaban J connectivity index is 1.85.